The lowest BCUT2D eigenvalue weighted by molar-refractivity contribution is 0.0747. The van der Waals surface area contributed by atoms with E-state index in [-0.39, 0.29) is 12.3 Å². The van der Waals surface area contributed by atoms with Crippen LogP contribution in [0.2, 0.25) is 0 Å². The third-order valence-electron chi connectivity index (χ3n) is 4.71. The van der Waals surface area contributed by atoms with Crippen molar-refractivity contribution in [1.29, 1.82) is 0 Å². The lowest BCUT2D eigenvalue weighted by Gasteiger charge is -2.39. The van der Waals surface area contributed by atoms with Gasteiger partial charge in [-0.05, 0) is 31.2 Å². The topological polar surface area (TPSA) is 78.6 Å². The minimum atomic E-state index is -3.66. The molecule has 1 aliphatic rings. The van der Waals surface area contributed by atoms with Gasteiger partial charge in [-0.25, -0.2) is 0 Å². The molecule has 1 aliphatic heterocycles. The fourth-order valence-electron chi connectivity index (χ4n) is 3.28. The maximum absolute atomic E-state index is 13.3. The van der Waals surface area contributed by atoms with Crippen molar-refractivity contribution in [2.24, 2.45) is 5.73 Å². The Kier molecular flexibility index (Phi) is 6.00. The van der Waals surface area contributed by atoms with Gasteiger partial charge in [0.15, 0.2) is 5.69 Å². The molecule has 0 saturated carbocycles. The van der Waals surface area contributed by atoms with Gasteiger partial charge >= 0.3 is 10.0 Å². The van der Waals surface area contributed by atoms with Crippen LogP contribution >= 0.6 is 0 Å². The molecular formula is C21H25N2O4S+. The van der Waals surface area contributed by atoms with Crippen molar-refractivity contribution in [3.63, 3.8) is 0 Å². The van der Waals surface area contributed by atoms with E-state index in [9.17, 15) is 8.42 Å². The first-order chi connectivity index (χ1) is 13.5. The number of nitrogens with two attached hydrogens (primary N) is 1. The minimum absolute atomic E-state index is 0.0567. The Morgan fingerprint density at radius 3 is 2.43 bits per heavy atom. The summed E-state index contributed by atoms with van der Waals surface area (Å²) in [7, 11) is -2.16. The smallest absolute Gasteiger partial charge is 0.308 e. The molecule has 0 fully saturated rings. The van der Waals surface area contributed by atoms with Crippen LogP contribution in [0.15, 0.2) is 78.5 Å². The third-order valence-corrected chi connectivity index (χ3v) is 6.89. The highest BCUT2D eigenvalue weighted by Gasteiger charge is 2.50. The van der Waals surface area contributed by atoms with Crippen molar-refractivity contribution in [3.05, 3.63) is 78.5 Å². The number of sulfonamides is 1. The van der Waals surface area contributed by atoms with Crippen LogP contribution in [0.5, 0.6) is 11.5 Å². The summed E-state index contributed by atoms with van der Waals surface area (Å²) in [6, 6.07) is 16.4. The number of nitrogens with zero attached hydrogens (tertiary/aromatic N) is 1. The minimum Gasteiger partial charge on any atom is -0.457 e. The zero-order valence-electron chi connectivity index (χ0n) is 16.0. The van der Waals surface area contributed by atoms with Crippen molar-refractivity contribution >= 4 is 15.7 Å². The Bertz CT molecular complexity index is 986. The summed E-state index contributed by atoms with van der Waals surface area (Å²) in [4.78, 5) is 0. The van der Waals surface area contributed by atoms with Gasteiger partial charge in [-0.2, -0.15) is 8.42 Å². The van der Waals surface area contributed by atoms with Crippen molar-refractivity contribution < 1.29 is 17.9 Å². The maximum atomic E-state index is 13.3. The van der Waals surface area contributed by atoms with Crippen LogP contribution in [0, 0.1) is 0 Å². The molecule has 0 aromatic heterocycles. The first kappa shape index (κ1) is 20.3. The average molecular weight is 402 g/mol. The Morgan fingerprint density at radius 2 is 1.79 bits per heavy atom. The highest BCUT2D eigenvalue weighted by atomic mass is 32.2. The fraction of sp³-hybridized carbons (Fsp3) is 0.238. The molecule has 0 bridgehead atoms. The van der Waals surface area contributed by atoms with Crippen LogP contribution in [0.1, 0.15) is 6.92 Å². The normalized spacial score (nSPS) is 22.0. The van der Waals surface area contributed by atoms with Gasteiger partial charge in [-0.3, -0.25) is 0 Å². The van der Waals surface area contributed by atoms with Gasteiger partial charge in [0, 0.05) is 37.4 Å². The molecule has 0 radical (unpaired) electrons. The predicted molar refractivity (Wildman–Crippen MR) is 111 cm³/mol. The Labute approximate surface area is 166 Å². The average Bonchev–Trinajstić information content (AvgIpc) is 2.74. The van der Waals surface area contributed by atoms with Gasteiger partial charge in [0.2, 0.25) is 6.23 Å². The summed E-state index contributed by atoms with van der Waals surface area (Å²) in [6.45, 7) is 1.85. The van der Waals surface area contributed by atoms with Crippen LogP contribution in [-0.2, 0) is 14.8 Å². The second kappa shape index (κ2) is 8.28. The molecule has 2 unspecified atom stereocenters. The summed E-state index contributed by atoms with van der Waals surface area (Å²) < 4.78 is 37.6. The highest BCUT2D eigenvalue weighted by molar-refractivity contribution is 7.91. The van der Waals surface area contributed by atoms with Gasteiger partial charge in [0.1, 0.15) is 17.7 Å². The highest BCUT2D eigenvalue weighted by Crippen LogP contribution is 2.39. The number of hydrogen-bond donors (Lipinski definition) is 1. The zero-order valence-corrected chi connectivity index (χ0v) is 16.8. The number of para-hydroxylation sites is 1. The Hall–Kier alpha value is -2.45. The third kappa shape index (κ3) is 3.62. The molecule has 0 aliphatic carbocycles. The maximum Gasteiger partial charge on any atom is 0.308 e. The fourth-order valence-corrected chi connectivity index (χ4v) is 4.91. The van der Waals surface area contributed by atoms with E-state index >= 15 is 0 Å². The van der Waals surface area contributed by atoms with Crippen LogP contribution in [0.3, 0.4) is 0 Å². The summed E-state index contributed by atoms with van der Waals surface area (Å²) in [5, 5.41) is 0. The zero-order chi connectivity index (χ0) is 20.2. The first-order valence-corrected chi connectivity index (χ1v) is 10.7. The number of ether oxygens (including phenoxy) is 2. The molecule has 7 heteroatoms. The van der Waals surface area contributed by atoms with Gasteiger partial charge in [0.05, 0.1) is 5.75 Å². The van der Waals surface area contributed by atoms with E-state index in [2.05, 4.69) is 0 Å². The second-order valence-corrected chi connectivity index (χ2v) is 8.73. The van der Waals surface area contributed by atoms with Crippen LogP contribution in [0.4, 0.5) is 5.69 Å². The number of quaternary nitrogens is 1. The number of methoxy groups -OCH3 is 1. The van der Waals surface area contributed by atoms with Gasteiger partial charge in [0.25, 0.3) is 0 Å². The molecule has 0 saturated heterocycles. The van der Waals surface area contributed by atoms with E-state index in [0.717, 1.165) is 5.57 Å². The Morgan fingerprint density at radius 1 is 1.07 bits per heavy atom. The lowest BCUT2D eigenvalue weighted by atomic mass is 10.1. The van der Waals surface area contributed by atoms with E-state index in [0.29, 0.717) is 17.2 Å². The summed E-state index contributed by atoms with van der Waals surface area (Å²) in [5.41, 5.74) is 7.06. The monoisotopic (exact) mass is 401 g/mol. The van der Waals surface area contributed by atoms with E-state index in [1.54, 1.807) is 49.5 Å². The molecule has 3 rings (SSSR count). The Balaban J connectivity index is 2.16. The van der Waals surface area contributed by atoms with Gasteiger partial charge in [-0.1, -0.05) is 24.3 Å². The largest absolute Gasteiger partial charge is 0.457 e. The van der Waals surface area contributed by atoms with Crippen molar-refractivity contribution in [3.8, 4) is 11.5 Å². The van der Waals surface area contributed by atoms with Crippen LogP contribution < -0.4 is 14.4 Å². The number of benzene rings is 2. The van der Waals surface area contributed by atoms with Crippen LogP contribution in [0.25, 0.3) is 0 Å². The quantitative estimate of drug-likeness (QED) is 0.718. The number of hydrogen-bond acceptors (Lipinski definition) is 5. The molecular weight excluding hydrogens is 376 g/mol. The second-order valence-electron chi connectivity index (χ2n) is 6.39. The molecule has 2 aromatic rings. The lowest BCUT2D eigenvalue weighted by Crippen LogP contribution is -2.58. The molecule has 148 valence electrons. The van der Waals surface area contributed by atoms with Crippen molar-refractivity contribution in [2.45, 2.75) is 13.2 Å². The van der Waals surface area contributed by atoms with E-state index in [4.69, 9.17) is 15.2 Å². The van der Waals surface area contributed by atoms with E-state index in [1.165, 1.54) is 7.11 Å². The molecule has 6 nitrogen and oxygen atoms in total. The number of rotatable bonds is 7. The summed E-state index contributed by atoms with van der Waals surface area (Å²) in [5.74, 6) is 1.16. The molecule has 1 heterocycles. The first-order valence-electron chi connectivity index (χ1n) is 9.04. The summed E-state index contributed by atoms with van der Waals surface area (Å²) in [6.07, 6.45) is 4.47. The van der Waals surface area contributed by atoms with Gasteiger partial charge in [-0.15, -0.1) is 3.89 Å². The molecule has 2 atom stereocenters. The molecule has 2 N–H and O–H groups in total. The van der Waals surface area contributed by atoms with Crippen molar-refractivity contribution in [2.75, 3.05) is 19.4 Å². The predicted octanol–water partition coefficient (Wildman–Crippen LogP) is 3.52. The SMILES string of the molecule is CCS(=O)(=O)[N+]1(c2cccc(Oc3ccccc3)c2)C=C(CN)C=CC1OC. The molecule has 28 heavy (non-hydrogen) atoms. The molecule has 0 amide bonds. The molecule has 0 spiro atoms. The summed E-state index contributed by atoms with van der Waals surface area (Å²) >= 11 is 0. The standard InChI is InChI=1S/C21H25N2O4S/c1-3-28(24,25)23(16-17(15-22)12-13-21(23)26-2)18-8-7-11-20(14-18)27-19-9-5-4-6-10-19/h4-14,16,21H,3,15,22H2,1-2H3/q+1. The van der Waals surface area contributed by atoms with E-state index in [1.807, 2.05) is 30.3 Å². The van der Waals surface area contributed by atoms with Crippen LogP contribution in [-0.4, -0.2) is 34.1 Å². The molecule has 2 aromatic carbocycles. The van der Waals surface area contributed by atoms with Gasteiger partial charge < -0.3 is 15.2 Å². The van der Waals surface area contributed by atoms with E-state index < -0.39 is 20.1 Å². The van der Waals surface area contributed by atoms with Crippen molar-refractivity contribution in [1.82, 2.24) is 3.89 Å².